The third-order valence-corrected chi connectivity index (χ3v) is 3.93. The lowest BCUT2D eigenvalue weighted by Gasteiger charge is -2.16. The number of thioether (sulfide) groups is 1. The van der Waals surface area contributed by atoms with Gasteiger partial charge in [-0.1, -0.05) is 37.8 Å². The Hall–Kier alpha value is -0.890. The minimum Gasteiger partial charge on any atom is -0.489 e. The standard InChI is InChI=1S/C16H25N3OS.HI/c1-5-10-20-15-9-7-6-8-14(15)12-19-16(17-3)18-11-13(2)21-4;/h5-9,13H,1,10-12H2,2-4H3,(H2,17,18,19);1H. The zero-order valence-electron chi connectivity index (χ0n) is 13.5. The number of ether oxygens (including phenoxy) is 1. The van der Waals surface area contributed by atoms with E-state index in [1.807, 2.05) is 36.0 Å². The molecule has 6 heteroatoms. The molecule has 0 fully saturated rings. The molecule has 0 saturated carbocycles. The van der Waals surface area contributed by atoms with E-state index >= 15 is 0 Å². The summed E-state index contributed by atoms with van der Waals surface area (Å²) in [5, 5.41) is 7.17. The van der Waals surface area contributed by atoms with Crippen molar-refractivity contribution in [3.63, 3.8) is 0 Å². The summed E-state index contributed by atoms with van der Waals surface area (Å²) in [6.07, 6.45) is 3.85. The molecular weight excluding hydrogens is 409 g/mol. The highest BCUT2D eigenvalue weighted by molar-refractivity contribution is 14.0. The SMILES string of the molecule is C=CCOc1ccccc1CNC(=NC)NCC(C)SC.I. The summed E-state index contributed by atoms with van der Waals surface area (Å²) in [6.45, 7) is 7.91. The summed E-state index contributed by atoms with van der Waals surface area (Å²) in [7, 11) is 1.78. The van der Waals surface area contributed by atoms with Crippen molar-refractivity contribution in [3.8, 4) is 5.75 Å². The summed E-state index contributed by atoms with van der Waals surface area (Å²) in [4.78, 5) is 4.23. The molecule has 0 amide bonds. The maximum atomic E-state index is 5.65. The molecule has 0 radical (unpaired) electrons. The van der Waals surface area contributed by atoms with Gasteiger partial charge in [0.05, 0.1) is 0 Å². The number of benzene rings is 1. The molecule has 0 aromatic heterocycles. The molecule has 0 aliphatic rings. The van der Waals surface area contributed by atoms with Gasteiger partial charge < -0.3 is 15.4 Å². The van der Waals surface area contributed by atoms with Crippen molar-refractivity contribution in [1.29, 1.82) is 0 Å². The van der Waals surface area contributed by atoms with E-state index in [4.69, 9.17) is 4.74 Å². The number of nitrogens with zero attached hydrogens (tertiary/aromatic N) is 1. The molecular formula is C16H26IN3OS. The minimum absolute atomic E-state index is 0. The van der Waals surface area contributed by atoms with E-state index < -0.39 is 0 Å². The average Bonchev–Trinajstić information content (AvgIpc) is 2.53. The lowest BCUT2D eigenvalue weighted by molar-refractivity contribution is 0.358. The number of aliphatic imine (C=N–C) groups is 1. The highest BCUT2D eigenvalue weighted by atomic mass is 127. The third kappa shape index (κ3) is 7.93. The van der Waals surface area contributed by atoms with Crippen molar-refractivity contribution in [3.05, 3.63) is 42.5 Å². The highest BCUT2D eigenvalue weighted by Gasteiger charge is 2.05. The van der Waals surface area contributed by atoms with Gasteiger partial charge in [-0.05, 0) is 12.3 Å². The van der Waals surface area contributed by atoms with Crippen molar-refractivity contribution in [2.45, 2.75) is 18.7 Å². The number of rotatable bonds is 8. The molecule has 1 aromatic carbocycles. The van der Waals surface area contributed by atoms with Gasteiger partial charge in [-0.25, -0.2) is 0 Å². The van der Waals surface area contributed by atoms with Crippen LogP contribution in [-0.2, 0) is 6.54 Å². The largest absolute Gasteiger partial charge is 0.489 e. The molecule has 1 atom stereocenters. The summed E-state index contributed by atoms with van der Waals surface area (Å²) in [5.74, 6) is 1.67. The molecule has 1 rings (SSSR count). The Bertz CT molecular complexity index is 468. The van der Waals surface area contributed by atoms with Gasteiger partial charge in [0.1, 0.15) is 12.4 Å². The summed E-state index contributed by atoms with van der Waals surface area (Å²) >= 11 is 1.83. The molecule has 22 heavy (non-hydrogen) atoms. The topological polar surface area (TPSA) is 45.6 Å². The summed E-state index contributed by atoms with van der Waals surface area (Å²) in [5.41, 5.74) is 1.10. The molecule has 1 aromatic rings. The van der Waals surface area contributed by atoms with Crippen LogP contribution in [0.25, 0.3) is 0 Å². The van der Waals surface area contributed by atoms with Crippen LogP contribution in [0, 0.1) is 0 Å². The molecule has 2 N–H and O–H groups in total. The van der Waals surface area contributed by atoms with Gasteiger partial charge in [-0.15, -0.1) is 24.0 Å². The van der Waals surface area contributed by atoms with Gasteiger partial charge in [-0.3, -0.25) is 4.99 Å². The second kappa shape index (κ2) is 12.6. The van der Waals surface area contributed by atoms with Gasteiger partial charge in [0.25, 0.3) is 0 Å². The van der Waals surface area contributed by atoms with Crippen molar-refractivity contribution < 1.29 is 4.74 Å². The lowest BCUT2D eigenvalue weighted by Crippen LogP contribution is -2.39. The Balaban J connectivity index is 0.00000441. The fraction of sp³-hybridized carbons (Fsp3) is 0.438. The van der Waals surface area contributed by atoms with E-state index in [9.17, 15) is 0 Å². The second-order valence-electron chi connectivity index (χ2n) is 4.56. The maximum Gasteiger partial charge on any atom is 0.191 e. The van der Waals surface area contributed by atoms with Crippen LogP contribution in [0.15, 0.2) is 41.9 Å². The molecule has 4 nitrogen and oxygen atoms in total. The molecule has 124 valence electrons. The molecule has 0 saturated heterocycles. The summed E-state index contributed by atoms with van der Waals surface area (Å²) < 4.78 is 5.65. The van der Waals surface area contributed by atoms with Crippen LogP contribution in [0.4, 0.5) is 0 Å². The van der Waals surface area contributed by atoms with Crippen molar-refractivity contribution in [2.24, 2.45) is 4.99 Å². The first-order valence-corrected chi connectivity index (χ1v) is 8.29. The van der Waals surface area contributed by atoms with Gasteiger partial charge in [-0.2, -0.15) is 11.8 Å². The number of halogens is 1. The smallest absolute Gasteiger partial charge is 0.191 e. The van der Waals surface area contributed by atoms with E-state index in [0.717, 1.165) is 23.8 Å². The quantitative estimate of drug-likeness (QED) is 0.285. The van der Waals surface area contributed by atoms with Crippen LogP contribution < -0.4 is 15.4 Å². The normalized spacial score (nSPS) is 12.0. The first-order chi connectivity index (χ1) is 10.2. The zero-order chi connectivity index (χ0) is 15.5. The predicted octanol–water partition coefficient (Wildman–Crippen LogP) is 3.29. The van der Waals surface area contributed by atoms with E-state index in [2.05, 4.69) is 35.4 Å². The van der Waals surface area contributed by atoms with E-state index in [-0.39, 0.29) is 24.0 Å². The van der Waals surface area contributed by atoms with Crippen LogP contribution >= 0.6 is 35.7 Å². The van der Waals surface area contributed by atoms with Crippen LogP contribution in [0.2, 0.25) is 0 Å². The molecule has 0 aliphatic carbocycles. The van der Waals surface area contributed by atoms with Crippen LogP contribution in [0.3, 0.4) is 0 Å². The number of hydrogen-bond donors (Lipinski definition) is 2. The Morgan fingerprint density at radius 2 is 2.14 bits per heavy atom. The molecule has 0 bridgehead atoms. The Kier molecular flexibility index (Phi) is 12.1. The molecule has 0 heterocycles. The zero-order valence-corrected chi connectivity index (χ0v) is 16.6. The van der Waals surface area contributed by atoms with Crippen molar-refractivity contribution >= 4 is 41.7 Å². The Labute approximate surface area is 155 Å². The molecule has 1 unspecified atom stereocenters. The monoisotopic (exact) mass is 435 g/mol. The van der Waals surface area contributed by atoms with Crippen LogP contribution in [0.1, 0.15) is 12.5 Å². The first kappa shape index (κ1) is 21.1. The highest BCUT2D eigenvalue weighted by Crippen LogP contribution is 2.17. The van der Waals surface area contributed by atoms with Crippen LogP contribution in [0.5, 0.6) is 5.75 Å². The van der Waals surface area contributed by atoms with Gasteiger partial charge in [0.2, 0.25) is 0 Å². The summed E-state index contributed by atoms with van der Waals surface area (Å²) in [6, 6.07) is 7.98. The van der Waals surface area contributed by atoms with E-state index in [1.165, 1.54) is 0 Å². The van der Waals surface area contributed by atoms with Gasteiger partial charge in [0.15, 0.2) is 5.96 Å². The third-order valence-electron chi connectivity index (χ3n) is 2.96. The maximum absolute atomic E-state index is 5.65. The van der Waals surface area contributed by atoms with Gasteiger partial charge >= 0.3 is 0 Å². The number of guanidine groups is 1. The number of nitrogens with one attached hydrogen (secondary N) is 2. The number of para-hydroxylation sites is 1. The van der Waals surface area contributed by atoms with Crippen molar-refractivity contribution in [2.75, 3.05) is 26.5 Å². The first-order valence-electron chi connectivity index (χ1n) is 7.00. The molecule has 0 spiro atoms. The minimum atomic E-state index is 0. The Morgan fingerprint density at radius 3 is 2.77 bits per heavy atom. The number of hydrogen-bond acceptors (Lipinski definition) is 3. The lowest BCUT2D eigenvalue weighted by atomic mass is 10.2. The average molecular weight is 435 g/mol. The van der Waals surface area contributed by atoms with E-state index in [0.29, 0.717) is 18.4 Å². The second-order valence-corrected chi connectivity index (χ2v) is 5.84. The fourth-order valence-electron chi connectivity index (χ4n) is 1.66. The predicted molar refractivity (Wildman–Crippen MR) is 109 cm³/mol. The van der Waals surface area contributed by atoms with Crippen molar-refractivity contribution in [1.82, 2.24) is 10.6 Å². The molecule has 0 aliphatic heterocycles. The fourth-order valence-corrected chi connectivity index (χ4v) is 1.91. The van der Waals surface area contributed by atoms with Gasteiger partial charge in [0, 0.05) is 31.0 Å². The van der Waals surface area contributed by atoms with E-state index in [1.54, 1.807) is 13.1 Å². The van der Waals surface area contributed by atoms with Crippen LogP contribution in [-0.4, -0.2) is 37.7 Å². The Morgan fingerprint density at radius 1 is 1.41 bits per heavy atom.